The van der Waals surface area contributed by atoms with Gasteiger partial charge in [-0.3, -0.25) is 9.59 Å². The molecule has 2 rings (SSSR count). The number of fused-ring (bicyclic) bond motifs is 1. The van der Waals surface area contributed by atoms with Crippen LogP contribution in [0.2, 0.25) is 0 Å². The number of amides is 1. The van der Waals surface area contributed by atoms with Crippen molar-refractivity contribution in [2.75, 3.05) is 18.0 Å². The fourth-order valence-electron chi connectivity index (χ4n) is 2.06. The summed E-state index contributed by atoms with van der Waals surface area (Å²) in [6, 6.07) is 5.65. The Labute approximate surface area is 127 Å². The van der Waals surface area contributed by atoms with Gasteiger partial charge in [0.2, 0.25) is 0 Å². The quantitative estimate of drug-likeness (QED) is 0.664. The summed E-state index contributed by atoms with van der Waals surface area (Å²) in [5.74, 6) is -0.935. The van der Waals surface area contributed by atoms with Crippen molar-refractivity contribution in [2.45, 2.75) is 19.9 Å². The van der Waals surface area contributed by atoms with Gasteiger partial charge in [0.25, 0.3) is 11.7 Å². The Morgan fingerprint density at radius 2 is 2.10 bits per heavy atom. The van der Waals surface area contributed by atoms with Crippen molar-refractivity contribution in [3.05, 3.63) is 40.4 Å². The minimum absolute atomic E-state index is 0.353. The summed E-state index contributed by atoms with van der Waals surface area (Å²) in [7, 11) is 0. The summed E-state index contributed by atoms with van der Waals surface area (Å²) in [6.07, 6.45) is 0. The van der Waals surface area contributed by atoms with Crippen molar-refractivity contribution >= 4 is 33.3 Å². The fourth-order valence-corrected chi connectivity index (χ4v) is 2.42. The highest BCUT2D eigenvalue weighted by Gasteiger charge is 2.35. The van der Waals surface area contributed by atoms with E-state index in [1.807, 2.05) is 19.9 Å². The molecule has 0 atom stereocenters. The van der Waals surface area contributed by atoms with E-state index in [0.29, 0.717) is 30.4 Å². The molecule has 0 radical (unpaired) electrons. The van der Waals surface area contributed by atoms with Crippen LogP contribution in [0.4, 0.5) is 5.69 Å². The molecule has 0 aliphatic carbocycles. The minimum atomic E-state index is -0.483. The maximum absolute atomic E-state index is 12.0. The number of carbonyl (C=O) groups is 2. The number of nitrogens with one attached hydrogen (secondary N) is 1. The summed E-state index contributed by atoms with van der Waals surface area (Å²) in [5, 5.41) is 3.25. The maximum atomic E-state index is 12.0. The Bertz CT molecular complexity index is 581. The van der Waals surface area contributed by atoms with E-state index in [4.69, 9.17) is 0 Å². The first-order valence-corrected chi connectivity index (χ1v) is 7.25. The first kappa shape index (κ1) is 14.9. The van der Waals surface area contributed by atoms with Gasteiger partial charge in [0.15, 0.2) is 0 Å². The number of ketones is 1. The van der Waals surface area contributed by atoms with Crippen LogP contribution < -0.4 is 10.2 Å². The van der Waals surface area contributed by atoms with Gasteiger partial charge in [0.05, 0.1) is 11.3 Å². The van der Waals surface area contributed by atoms with Gasteiger partial charge in [-0.1, -0.05) is 36.4 Å². The summed E-state index contributed by atoms with van der Waals surface area (Å²) in [4.78, 5) is 25.5. The molecule has 0 aromatic heterocycles. The molecule has 0 saturated carbocycles. The smallest absolute Gasteiger partial charge is 0.299 e. The zero-order valence-electron chi connectivity index (χ0n) is 11.6. The normalized spacial score (nSPS) is 14.1. The van der Waals surface area contributed by atoms with E-state index in [1.54, 1.807) is 12.1 Å². The second-order valence-electron chi connectivity index (χ2n) is 5.17. The van der Waals surface area contributed by atoms with Crippen LogP contribution in [0.25, 0.3) is 0 Å². The topological polar surface area (TPSA) is 49.4 Å². The number of hydrogen-bond acceptors (Lipinski definition) is 3. The van der Waals surface area contributed by atoms with Gasteiger partial charge < -0.3 is 10.2 Å². The van der Waals surface area contributed by atoms with Crippen molar-refractivity contribution in [1.29, 1.82) is 0 Å². The molecule has 1 amide bonds. The number of rotatable bonds is 5. The van der Waals surface area contributed by atoms with E-state index in [0.717, 1.165) is 10.0 Å². The lowest BCUT2D eigenvalue weighted by Crippen LogP contribution is -2.34. The Morgan fingerprint density at radius 1 is 1.40 bits per heavy atom. The SMILES string of the molecule is C=C(CNC(C)C)CN1C(=O)C(=O)c2cc(Br)ccc21. The predicted molar refractivity (Wildman–Crippen MR) is 83.1 cm³/mol. The number of nitrogens with zero attached hydrogens (tertiary/aromatic N) is 1. The van der Waals surface area contributed by atoms with Gasteiger partial charge in [-0.25, -0.2) is 0 Å². The summed E-state index contributed by atoms with van der Waals surface area (Å²) in [6.45, 7) is 9.04. The molecule has 1 N–H and O–H groups in total. The highest BCUT2D eigenvalue weighted by molar-refractivity contribution is 9.10. The Balaban J connectivity index is 2.16. The summed E-state index contributed by atoms with van der Waals surface area (Å²) < 4.78 is 0.791. The van der Waals surface area contributed by atoms with Crippen LogP contribution in [0.1, 0.15) is 24.2 Å². The van der Waals surface area contributed by atoms with Crippen LogP contribution in [-0.2, 0) is 4.79 Å². The van der Waals surface area contributed by atoms with E-state index >= 15 is 0 Å². The third-order valence-electron chi connectivity index (χ3n) is 3.08. The van der Waals surface area contributed by atoms with E-state index in [-0.39, 0.29) is 0 Å². The number of carbonyl (C=O) groups excluding carboxylic acids is 2. The molecule has 1 aromatic rings. The third kappa shape index (κ3) is 2.99. The first-order chi connectivity index (χ1) is 9.40. The Kier molecular flexibility index (Phi) is 4.40. The van der Waals surface area contributed by atoms with Crippen molar-refractivity contribution in [1.82, 2.24) is 5.32 Å². The predicted octanol–water partition coefficient (Wildman–Crippen LogP) is 2.53. The van der Waals surface area contributed by atoms with Crippen molar-refractivity contribution in [2.24, 2.45) is 0 Å². The molecule has 106 valence electrons. The van der Waals surface area contributed by atoms with Gasteiger partial charge in [0, 0.05) is 23.6 Å². The lowest BCUT2D eigenvalue weighted by Gasteiger charge is -2.19. The second kappa shape index (κ2) is 5.89. The highest BCUT2D eigenvalue weighted by atomic mass is 79.9. The standard InChI is InChI=1S/C15H17BrN2O2/c1-9(2)17-7-10(3)8-18-13-5-4-11(16)6-12(13)14(19)15(18)20/h4-6,9,17H,3,7-8H2,1-2H3. The third-order valence-corrected chi connectivity index (χ3v) is 3.57. The van der Waals surface area contributed by atoms with Crippen molar-refractivity contribution in [3.63, 3.8) is 0 Å². The monoisotopic (exact) mass is 336 g/mol. The van der Waals surface area contributed by atoms with E-state index < -0.39 is 11.7 Å². The average Bonchev–Trinajstić information content (AvgIpc) is 2.61. The van der Waals surface area contributed by atoms with Crippen LogP contribution in [0.15, 0.2) is 34.8 Å². The van der Waals surface area contributed by atoms with Crippen LogP contribution in [0.5, 0.6) is 0 Å². The number of hydrogen-bond donors (Lipinski definition) is 1. The lowest BCUT2D eigenvalue weighted by atomic mass is 10.1. The molecule has 4 nitrogen and oxygen atoms in total. The Morgan fingerprint density at radius 3 is 2.75 bits per heavy atom. The molecular formula is C15H17BrN2O2. The van der Waals surface area contributed by atoms with Crippen LogP contribution in [0, 0.1) is 0 Å². The summed E-state index contributed by atoms with van der Waals surface area (Å²) >= 11 is 3.31. The van der Waals surface area contributed by atoms with Crippen molar-refractivity contribution < 1.29 is 9.59 Å². The number of halogens is 1. The Hall–Kier alpha value is -1.46. The molecule has 20 heavy (non-hydrogen) atoms. The zero-order valence-corrected chi connectivity index (χ0v) is 13.2. The molecule has 1 aromatic carbocycles. The minimum Gasteiger partial charge on any atom is -0.311 e. The van der Waals surface area contributed by atoms with E-state index in [9.17, 15) is 9.59 Å². The van der Waals surface area contributed by atoms with Crippen LogP contribution in [-0.4, -0.2) is 30.8 Å². The second-order valence-corrected chi connectivity index (χ2v) is 6.08. The molecule has 1 aliphatic heterocycles. The lowest BCUT2D eigenvalue weighted by molar-refractivity contribution is -0.114. The largest absolute Gasteiger partial charge is 0.311 e. The molecule has 0 bridgehead atoms. The number of benzene rings is 1. The molecule has 1 aliphatic rings. The van der Waals surface area contributed by atoms with E-state index in [1.165, 1.54) is 4.90 Å². The summed E-state index contributed by atoms with van der Waals surface area (Å²) in [5.41, 5.74) is 1.98. The van der Waals surface area contributed by atoms with Gasteiger partial charge in [0.1, 0.15) is 0 Å². The van der Waals surface area contributed by atoms with Gasteiger partial charge in [-0.15, -0.1) is 0 Å². The van der Waals surface area contributed by atoms with Gasteiger partial charge in [-0.05, 0) is 23.8 Å². The highest BCUT2D eigenvalue weighted by Crippen LogP contribution is 2.31. The van der Waals surface area contributed by atoms with Crippen LogP contribution >= 0.6 is 15.9 Å². The molecule has 0 fully saturated rings. The van der Waals surface area contributed by atoms with Crippen LogP contribution in [0.3, 0.4) is 0 Å². The molecular weight excluding hydrogens is 320 g/mol. The maximum Gasteiger partial charge on any atom is 0.299 e. The van der Waals surface area contributed by atoms with Crippen molar-refractivity contribution in [3.8, 4) is 0 Å². The van der Waals surface area contributed by atoms with Gasteiger partial charge in [-0.2, -0.15) is 0 Å². The zero-order chi connectivity index (χ0) is 14.9. The number of anilines is 1. The average molecular weight is 337 g/mol. The molecule has 1 heterocycles. The fraction of sp³-hybridized carbons (Fsp3) is 0.333. The molecule has 0 saturated heterocycles. The molecule has 0 spiro atoms. The van der Waals surface area contributed by atoms with Gasteiger partial charge >= 0.3 is 0 Å². The number of Topliss-reactive ketones (excluding diaryl/α,β-unsaturated/α-hetero) is 1. The molecule has 5 heteroatoms. The first-order valence-electron chi connectivity index (χ1n) is 6.46. The van der Waals surface area contributed by atoms with E-state index in [2.05, 4.69) is 27.8 Å². The molecule has 0 unspecified atom stereocenters.